The molecule has 4 rings (SSSR count). The lowest BCUT2D eigenvalue weighted by atomic mass is 9.95. The number of hydrogen-bond acceptors (Lipinski definition) is 18. The molecule has 0 bridgehead atoms. The summed E-state index contributed by atoms with van der Waals surface area (Å²) in [6.07, 6.45) is -30.3. The van der Waals surface area contributed by atoms with Crippen LogP contribution in [0.5, 0.6) is 0 Å². The molecule has 0 amide bonds. The first-order chi connectivity index (χ1) is 20.2. The fourth-order valence-electron chi connectivity index (χ4n) is 5.52. The highest BCUT2D eigenvalue weighted by Gasteiger charge is 2.55. The molecule has 4 aliphatic heterocycles. The molecule has 0 radical (unpaired) electrons. The highest BCUT2D eigenvalue weighted by atomic mass is 16.8. The van der Waals surface area contributed by atoms with Crippen molar-refractivity contribution in [1.82, 2.24) is 0 Å². The Labute approximate surface area is 246 Å². The average Bonchev–Trinajstić information content (AvgIpc) is 2.98. The SMILES string of the molecule is CO[C@@H]1O[C@@H](C)[C@H](O)[C@@H](O[C@@H]2O[C@@H](C)[C@H](O)[C@@H](O[C@@H]3O[C@@H](C)[C@H](O)[C@@H](O)[C@H]3O)[C@H]2O[C@@H]2O[C@H](CO)[C@@H](O)[C@H](O)[C@H]2O)[C@H]1O. The first-order valence-corrected chi connectivity index (χ1v) is 14.1. The van der Waals surface area contributed by atoms with Crippen LogP contribution in [0.2, 0.25) is 0 Å². The summed E-state index contributed by atoms with van der Waals surface area (Å²) < 4.78 is 45.2. The highest BCUT2D eigenvalue weighted by Crippen LogP contribution is 2.35. The summed E-state index contributed by atoms with van der Waals surface area (Å²) >= 11 is 0. The number of methoxy groups -OCH3 is 1. The van der Waals surface area contributed by atoms with Crippen molar-refractivity contribution in [2.75, 3.05) is 13.7 Å². The number of aliphatic hydroxyl groups is 10. The van der Waals surface area contributed by atoms with Gasteiger partial charge >= 0.3 is 0 Å². The van der Waals surface area contributed by atoms with Crippen LogP contribution >= 0.6 is 0 Å². The van der Waals surface area contributed by atoms with Gasteiger partial charge in [-0.1, -0.05) is 0 Å². The van der Waals surface area contributed by atoms with E-state index < -0.39 is 129 Å². The van der Waals surface area contributed by atoms with Crippen molar-refractivity contribution >= 4 is 0 Å². The molecule has 0 aromatic rings. The molecule has 4 heterocycles. The van der Waals surface area contributed by atoms with E-state index in [9.17, 15) is 51.1 Å². The van der Waals surface area contributed by atoms with Crippen LogP contribution in [-0.4, -0.2) is 188 Å². The van der Waals surface area contributed by atoms with E-state index in [1.54, 1.807) is 0 Å². The molecule has 0 spiro atoms. The van der Waals surface area contributed by atoms with Gasteiger partial charge in [0.25, 0.3) is 0 Å². The van der Waals surface area contributed by atoms with Crippen LogP contribution in [-0.2, 0) is 37.9 Å². The van der Waals surface area contributed by atoms with Gasteiger partial charge in [0.1, 0.15) is 79.4 Å². The first-order valence-electron chi connectivity index (χ1n) is 14.1. The molecular weight excluding hydrogens is 588 g/mol. The molecule has 18 nitrogen and oxygen atoms in total. The molecule has 252 valence electrons. The molecule has 0 aliphatic carbocycles. The third kappa shape index (κ3) is 7.02. The van der Waals surface area contributed by atoms with Gasteiger partial charge in [-0.3, -0.25) is 0 Å². The summed E-state index contributed by atoms with van der Waals surface area (Å²) in [5, 5.41) is 104. The van der Waals surface area contributed by atoms with E-state index in [1.165, 1.54) is 27.9 Å². The Morgan fingerprint density at radius 2 is 0.884 bits per heavy atom. The number of ether oxygens (including phenoxy) is 8. The molecule has 0 aromatic heterocycles. The van der Waals surface area contributed by atoms with Crippen molar-refractivity contribution < 1.29 is 89.0 Å². The lowest BCUT2D eigenvalue weighted by Gasteiger charge is -2.50. The minimum Gasteiger partial charge on any atom is -0.394 e. The molecule has 0 saturated carbocycles. The normalized spacial score (nSPS) is 54.8. The summed E-state index contributed by atoms with van der Waals surface area (Å²) in [7, 11) is 1.27. The average molecular weight is 633 g/mol. The van der Waals surface area contributed by atoms with Crippen LogP contribution in [0, 0.1) is 0 Å². The van der Waals surface area contributed by atoms with Crippen LogP contribution in [0.4, 0.5) is 0 Å². The van der Waals surface area contributed by atoms with Crippen molar-refractivity contribution in [2.45, 2.75) is 144 Å². The second-order valence-electron chi connectivity index (χ2n) is 11.3. The molecule has 43 heavy (non-hydrogen) atoms. The van der Waals surface area contributed by atoms with Crippen LogP contribution in [0.1, 0.15) is 20.8 Å². The molecule has 4 fully saturated rings. The van der Waals surface area contributed by atoms with Crippen molar-refractivity contribution in [2.24, 2.45) is 0 Å². The third-order valence-corrected chi connectivity index (χ3v) is 8.30. The second-order valence-corrected chi connectivity index (χ2v) is 11.3. The van der Waals surface area contributed by atoms with E-state index in [0.717, 1.165) is 0 Å². The fourth-order valence-corrected chi connectivity index (χ4v) is 5.52. The highest BCUT2D eigenvalue weighted by molar-refractivity contribution is 4.97. The zero-order valence-corrected chi connectivity index (χ0v) is 24.0. The summed E-state index contributed by atoms with van der Waals surface area (Å²) in [6.45, 7) is 3.57. The molecule has 0 aromatic carbocycles. The molecule has 4 aliphatic rings. The molecular formula is C25H44O18. The van der Waals surface area contributed by atoms with Crippen LogP contribution in [0.15, 0.2) is 0 Å². The summed E-state index contributed by atoms with van der Waals surface area (Å²) in [5.74, 6) is 0. The quantitative estimate of drug-likeness (QED) is 0.119. The van der Waals surface area contributed by atoms with E-state index in [4.69, 9.17) is 37.9 Å². The molecule has 18 heteroatoms. The minimum absolute atomic E-state index is 0.775. The van der Waals surface area contributed by atoms with Gasteiger partial charge in [0.2, 0.25) is 0 Å². The Kier molecular flexibility index (Phi) is 11.7. The van der Waals surface area contributed by atoms with Gasteiger partial charge in [0.05, 0.1) is 24.9 Å². The van der Waals surface area contributed by atoms with E-state index in [0.29, 0.717) is 0 Å². The maximum absolute atomic E-state index is 11.1. The zero-order chi connectivity index (χ0) is 31.9. The third-order valence-electron chi connectivity index (χ3n) is 8.30. The van der Waals surface area contributed by atoms with Gasteiger partial charge in [0, 0.05) is 7.11 Å². The van der Waals surface area contributed by atoms with Gasteiger partial charge in [-0.2, -0.15) is 0 Å². The van der Waals surface area contributed by atoms with Gasteiger partial charge in [-0.05, 0) is 20.8 Å². The predicted molar refractivity (Wildman–Crippen MR) is 134 cm³/mol. The zero-order valence-electron chi connectivity index (χ0n) is 24.0. The lowest BCUT2D eigenvalue weighted by Crippen LogP contribution is -2.67. The Balaban J connectivity index is 1.67. The maximum atomic E-state index is 11.1. The largest absolute Gasteiger partial charge is 0.394 e. The van der Waals surface area contributed by atoms with E-state index in [-0.39, 0.29) is 0 Å². The van der Waals surface area contributed by atoms with Crippen LogP contribution in [0.3, 0.4) is 0 Å². The van der Waals surface area contributed by atoms with Crippen molar-refractivity contribution in [1.29, 1.82) is 0 Å². The van der Waals surface area contributed by atoms with E-state index in [1.807, 2.05) is 0 Å². The lowest BCUT2D eigenvalue weighted by molar-refractivity contribution is -0.402. The Morgan fingerprint density at radius 1 is 0.442 bits per heavy atom. The maximum Gasteiger partial charge on any atom is 0.187 e. The van der Waals surface area contributed by atoms with E-state index in [2.05, 4.69) is 0 Å². The summed E-state index contributed by atoms with van der Waals surface area (Å²) in [5.41, 5.74) is 0. The molecule has 10 N–H and O–H groups in total. The topological polar surface area (TPSA) is 276 Å². The monoisotopic (exact) mass is 632 g/mol. The van der Waals surface area contributed by atoms with Crippen LogP contribution in [0.25, 0.3) is 0 Å². The van der Waals surface area contributed by atoms with Gasteiger partial charge < -0.3 is 89.0 Å². The van der Waals surface area contributed by atoms with Gasteiger partial charge in [0.15, 0.2) is 25.2 Å². The van der Waals surface area contributed by atoms with Gasteiger partial charge in [-0.15, -0.1) is 0 Å². The number of aliphatic hydroxyl groups excluding tert-OH is 10. The summed E-state index contributed by atoms with van der Waals surface area (Å²) in [6, 6.07) is 0. The number of rotatable bonds is 8. The summed E-state index contributed by atoms with van der Waals surface area (Å²) in [4.78, 5) is 0. The second kappa shape index (κ2) is 14.4. The molecule has 0 unspecified atom stereocenters. The first kappa shape index (κ1) is 35.1. The van der Waals surface area contributed by atoms with Gasteiger partial charge in [-0.25, -0.2) is 0 Å². The van der Waals surface area contributed by atoms with E-state index >= 15 is 0 Å². The fraction of sp³-hybridized carbons (Fsp3) is 1.00. The smallest absolute Gasteiger partial charge is 0.187 e. The molecule has 20 atom stereocenters. The van der Waals surface area contributed by atoms with Crippen molar-refractivity contribution in [3.05, 3.63) is 0 Å². The van der Waals surface area contributed by atoms with Crippen LogP contribution < -0.4 is 0 Å². The Bertz CT molecular complexity index is 883. The van der Waals surface area contributed by atoms with Crippen molar-refractivity contribution in [3.8, 4) is 0 Å². The standard InChI is InChI=1S/C25H44O18/c1-6-10(27)14(31)16(33)23(38-6)42-20-12(29)8(3)39-25(41-19-11(28)7(2)37-22(36-4)18(19)35)21(20)43-24-17(34)15(32)13(30)9(5-26)40-24/h6-35H,5H2,1-4H3/t6-,7-,8-,9+,10-,11-,12-,13+,14+,15-,16+,17+,18+,19+,20+,21+,22+,23-,24-,25-/m0/s1. The number of hydrogen-bond donors (Lipinski definition) is 10. The predicted octanol–water partition coefficient (Wildman–Crippen LogP) is -6.01. The molecule has 4 saturated heterocycles. The minimum atomic E-state index is -1.90. The van der Waals surface area contributed by atoms with Crippen molar-refractivity contribution in [3.63, 3.8) is 0 Å². The Morgan fingerprint density at radius 3 is 1.47 bits per heavy atom. The Hall–Kier alpha value is -0.720.